The maximum atomic E-state index is 11.5. The quantitative estimate of drug-likeness (QED) is 0.714. The summed E-state index contributed by atoms with van der Waals surface area (Å²) in [4.78, 5) is 11.5. The molecule has 0 aliphatic carbocycles. The van der Waals surface area contributed by atoms with Crippen LogP contribution in [0.4, 0.5) is 0 Å². The van der Waals surface area contributed by atoms with E-state index in [0.29, 0.717) is 19.8 Å². The number of carboxylic acids is 1. The van der Waals surface area contributed by atoms with Crippen LogP contribution in [-0.2, 0) is 14.3 Å². The van der Waals surface area contributed by atoms with Crippen molar-refractivity contribution in [3.63, 3.8) is 0 Å². The lowest BCUT2D eigenvalue weighted by Crippen LogP contribution is -2.43. The molecule has 5 nitrogen and oxygen atoms in total. The predicted octanol–water partition coefficient (Wildman–Crippen LogP) is 1.40. The van der Waals surface area contributed by atoms with E-state index in [1.165, 1.54) is 0 Å². The van der Waals surface area contributed by atoms with Gasteiger partial charge in [0.25, 0.3) is 0 Å². The van der Waals surface area contributed by atoms with Crippen LogP contribution in [-0.4, -0.2) is 43.0 Å². The highest BCUT2D eigenvalue weighted by Gasteiger charge is 2.44. The summed E-state index contributed by atoms with van der Waals surface area (Å²) in [5.41, 5.74) is 5.28. The van der Waals surface area contributed by atoms with E-state index in [2.05, 4.69) is 0 Å². The zero-order valence-electron chi connectivity index (χ0n) is 11.5. The molecule has 2 saturated heterocycles. The molecule has 0 amide bonds. The molecule has 3 unspecified atom stereocenters. The van der Waals surface area contributed by atoms with Gasteiger partial charge in [0.15, 0.2) is 0 Å². The van der Waals surface area contributed by atoms with Crippen LogP contribution >= 0.6 is 0 Å². The predicted molar refractivity (Wildman–Crippen MR) is 70.9 cm³/mol. The molecule has 0 bridgehead atoms. The fraction of sp³-hybridized carbons (Fsp3) is 0.929. The van der Waals surface area contributed by atoms with Crippen molar-refractivity contribution in [2.75, 3.05) is 26.4 Å². The Balaban J connectivity index is 1.94. The van der Waals surface area contributed by atoms with Gasteiger partial charge in [-0.25, -0.2) is 0 Å². The van der Waals surface area contributed by atoms with Gasteiger partial charge in [-0.15, -0.1) is 0 Å². The number of nitrogens with two attached hydrogens (primary N) is 1. The minimum Gasteiger partial charge on any atom is -0.481 e. The van der Waals surface area contributed by atoms with Crippen LogP contribution in [0.25, 0.3) is 0 Å². The maximum absolute atomic E-state index is 11.5. The molecule has 0 aromatic rings. The summed E-state index contributed by atoms with van der Waals surface area (Å²) in [6.45, 7) is 2.66. The summed E-state index contributed by atoms with van der Waals surface area (Å²) < 4.78 is 11.3. The van der Waals surface area contributed by atoms with E-state index < -0.39 is 5.97 Å². The average Bonchev–Trinajstić information content (AvgIpc) is 2.82. The second kappa shape index (κ2) is 6.68. The lowest BCUT2D eigenvalue weighted by atomic mass is 9.76. The zero-order chi connectivity index (χ0) is 13.7. The number of rotatable bonds is 6. The van der Waals surface area contributed by atoms with E-state index in [4.69, 9.17) is 15.2 Å². The van der Waals surface area contributed by atoms with Gasteiger partial charge in [0, 0.05) is 19.6 Å². The van der Waals surface area contributed by atoms with Gasteiger partial charge in [-0.2, -0.15) is 0 Å². The van der Waals surface area contributed by atoms with E-state index >= 15 is 0 Å². The van der Waals surface area contributed by atoms with Crippen molar-refractivity contribution in [1.29, 1.82) is 0 Å². The summed E-state index contributed by atoms with van der Waals surface area (Å²) in [6, 6.07) is 0. The SMILES string of the molecule is NCCCCC(C(=O)O)C1CCOC2(CCOC2)C1. The molecule has 2 aliphatic heterocycles. The fourth-order valence-electron chi connectivity index (χ4n) is 3.34. The van der Waals surface area contributed by atoms with Crippen molar-refractivity contribution in [3.8, 4) is 0 Å². The molecule has 0 aromatic carbocycles. The molecule has 0 radical (unpaired) electrons. The maximum Gasteiger partial charge on any atom is 0.306 e. The van der Waals surface area contributed by atoms with Crippen LogP contribution in [0.2, 0.25) is 0 Å². The van der Waals surface area contributed by atoms with Gasteiger partial charge in [-0.3, -0.25) is 4.79 Å². The number of carboxylic acid groups (broad SMARTS) is 1. The van der Waals surface area contributed by atoms with Gasteiger partial charge in [-0.05, 0) is 38.1 Å². The van der Waals surface area contributed by atoms with Crippen molar-refractivity contribution in [3.05, 3.63) is 0 Å². The molecular weight excluding hydrogens is 246 g/mol. The molecule has 2 aliphatic rings. The number of hydrogen-bond donors (Lipinski definition) is 2. The first-order valence-electron chi connectivity index (χ1n) is 7.31. The summed E-state index contributed by atoms with van der Waals surface area (Å²) in [5, 5.41) is 9.45. The van der Waals surface area contributed by atoms with Crippen LogP contribution in [0, 0.1) is 11.8 Å². The second-order valence-electron chi connectivity index (χ2n) is 5.82. The van der Waals surface area contributed by atoms with Crippen LogP contribution in [0.15, 0.2) is 0 Å². The Labute approximate surface area is 114 Å². The molecule has 3 atom stereocenters. The molecule has 1 spiro atoms. The highest BCUT2D eigenvalue weighted by Crippen LogP contribution is 2.40. The minimum atomic E-state index is -0.669. The van der Waals surface area contributed by atoms with Crippen molar-refractivity contribution in [1.82, 2.24) is 0 Å². The van der Waals surface area contributed by atoms with Gasteiger partial charge in [-0.1, -0.05) is 6.42 Å². The van der Waals surface area contributed by atoms with Gasteiger partial charge < -0.3 is 20.3 Å². The van der Waals surface area contributed by atoms with E-state index in [-0.39, 0.29) is 17.4 Å². The van der Waals surface area contributed by atoms with Gasteiger partial charge in [0.1, 0.15) is 0 Å². The number of aliphatic carboxylic acids is 1. The van der Waals surface area contributed by atoms with E-state index in [9.17, 15) is 9.90 Å². The third-order valence-corrected chi connectivity index (χ3v) is 4.45. The Morgan fingerprint density at radius 1 is 1.42 bits per heavy atom. The number of hydrogen-bond acceptors (Lipinski definition) is 4. The summed E-state index contributed by atoms with van der Waals surface area (Å²) in [5.74, 6) is -0.711. The summed E-state index contributed by atoms with van der Waals surface area (Å²) >= 11 is 0. The number of carbonyl (C=O) groups is 1. The third kappa shape index (κ3) is 3.68. The first kappa shape index (κ1) is 14.8. The van der Waals surface area contributed by atoms with Gasteiger partial charge >= 0.3 is 5.97 Å². The Morgan fingerprint density at radius 2 is 2.26 bits per heavy atom. The Morgan fingerprint density at radius 3 is 2.89 bits per heavy atom. The molecule has 5 heteroatoms. The van der Waals surface area contributed by atoms with Crippen molar-refractivity contribution < 1.29 is 19.4 Å². The largest absolute Gasteiger partial charge is 0.481 e. The molecule has 2 fully saturated rings. The summed E-state index contributed by atoms with van der Waals surface area (Å²) in [7, 11) is 0. The Hall–Kier alpha value is -0.650. The highest BCUT2D eigenvalue weighted by molar-refractivity contribution is 5.70. The lowest BCUT2D eigenvalue weighted by Gasteiger charge is -2.39. The van der Waals surface area contributed by atoms with E-state index in [1.807, 2.05) is 0 Å². The smallest absolute Gasteiger partial charge is 0.306 e. The Kier molecular flexibility index (Phi) is 5.19. The standard InChI is InChI=1S/C14H25NO4/c15-6-2-1-3-12(13(16)17)11-4-7-19-14(9-11)5-8-18-10-14/h11-12H,1-10,15H2,(H,16,17). The number of ether oxygens (including phenoxy) is 2. The fourth-order valence-corrected chi connectivity index (χ4v) is 3.34. The van der Waals surface area contributed by atoms with Crippen molar-refractivity contribution in [2.45, 2.75) is 44.1 Å². The van der Waals surface area contributed by atoms with Crippen LogP contribution in [0.5, 0.6) is 0 Å². The van der Waals surface area contributed by atoms with E-state index in [0.717, 1.165) is 45.1 Å². The normalized spacial score (nSPS) is 32.6. The molecule has 3 N–H and O–H groups in total. The number of unbranched alkanes of at least 4 members (excludes halogenated alkanes) is 1. The highest BCUT2D eigenvalue weighted by atomic mass is 16.6. The molecule has 110 valence electrons. The molecular formula is C14H25NO4. The molecule has 0 aromatic heterocycles. The van der Waals surface area contributed by atoms with Crippen LogP contribution < -0.4 is 5.73 Å². The second-order valence-corrected chi connectivity index (χ2v) is 5.82. The monoisotopic (exact) mass is 271 g/mol. The van der Waals surface area contributed by atoms with Gasteiger partial charge in [0.2, 0.25) is 0 Å². The Bertz CT molecular complexity index is 302. The topological polar surface area (TPSA) is 81.8 Å². The first-order chi connectivity index (χ1) is 9.17. The summed E-state index contributed by atoms with van der Waals surface area (Å²) in [6.07, 6.45) is 5.11. The first-order valence-corrected chi connectivity index (χ1v) is 7.31. The molecule has 2 rings (SSSR count). The van der Waals surface area contributed by atoms with Crippen LogP contribution in [0.1, 0.15) is 38.5 Å². The van der Waals surface area contributed by atoms with E-state index in [1.54, 1.807) is 0 Å². The molecule has 0 saturated carbocycles. The molecule has 19 heavy (non-hydrogen) atoms. The zero-order valence-corrected chi connectivity index (χ0v) is 11.5. The average molecular weight is 271 g/mol. The van der Waals surface area contributed by atoms with Crippen molar-refractivity contribution in [2.24, 2.45) is 17.6 Å². The molecule has 2 heterocycles. The third-order valence-electron chi connectivity index (χ3n) is 4.45. The lowest BCUT2D eigenvalue weighted by molar-refractivity contribution is -0.150. The van der Waals surface area contributed by atoms with Crippen molar-refractivity contribution >= 4 is 5.97 Å². The van der Waals surface area contributed by atoms with Gasteiger partial charge in [0.05, 0.1) is 18.1 Å². The van der Waals surface area contributed by atoms with Crippen LogP contribution in [0.3, 0.4) is 0 Å². The minimum absolute atomic E-state index is 0.204.